The molecule has 1 N–H and O–H groups in total. The predicted molar refractivity (Wildman–Crippen MR) is 73.9 cm³/mol. The first kappa shape index (κ1) is 18.2. The van der Waals surface area contributed by atoms with Crippen LogP contribution in [0.25, 0.3) is 0 Å². The SMILES string of the molecule is COC(=O)C(CCN1CCCC(C(F)(F)F)C1)NC(C)C. The van der Waals surface area contributed by atoms with Gasteiger partial charge in [0.2, 0.25) is 0 Å². The molecule has 21 heavy (non-hydrogen) atoms. The normalized spacial score (nSPS) is 22.3. The summed E-state index contributed by atoms with van der Waals surface area (Å²) in [5, 5.41) is 3.09. The summed E-state index contributed by atoms with van der Waals surface area (Å²) in [4.78, 5) is 13.5. The minimum absolute atomic E-state index is 0.0269. The zero-order valence-corrected chi connectivity index (χ0v) is 12.9. The summed E-state index contributed by atoms with van der Waals surface area (Å²) in [6.07, 6.45) is -2.93. The van der Waals surface area contributed by atoms with E-state index in [1.807, 2.05) is 13.8 Å². The van der Waals surface area contributed by atoms with Crippen molar-refractivity contribution in [1.82, 2.24) is 10.2 Å². The Hall–Kier alpha value is -0.820. The lowest BCUT2D eigenvalue weighted by molar-refractivity contribution is -0.186. The summed E-state index contributed by atoms with van der Waals surface area (Å²) in [6.45, 7) is 4.97. The highest BCUT2D eigenvalue weighted by atomic mass is 19.4. The molecular weight excluding hydrogens is 285 g/mol. The molecule has 1 fully saturated rings. The molecule has 7 heteroatoms. The molecule has 0 radical (unpaired) electrons. The second-order valence-corrected chi connectivity index (χ2v) is 5.87. The monoisotopic (exact) mass is 310 g/mol. The van der Waals surface area contributed by atoms with Gasteiger partial charge in [0.15, 0.2) is 0 Å². The van der Waals surface area contributed by atoms with Crippen molar-refractivity contribution in [1.29, 1.82) is 0 Å². The van der Waals surface area contributed by atoms with Gasteiger partial charge >= 0.3 is 12.1 Å². The predicted octanol–water partition coefficient (Wildman–Crippen LogP) is 2.19. The van der Waals surface area contributed by atoms with Crippen LogP contribution in [-0.4, -0.2) is 55.9 Å². The van der Waals surface area contributed by atoms with Crippen molar-refractivity contribution in [2.45, 2.75) is 51.4 Å². The number of halogens is 3. The Bertz CT molecular complexity index is 335. The number of hydrogen-bond donors (Lipinski definition) is 1. The Morgan fingerprint density at radius 3 is 2.62 bits per heavy atom. The number of carbonyl (C=O) groups is 1. The lowest BCUT2D eigenvalue weighted by Gasteiger charge is -2.34. The third kappa shape index (κ3) is 6.22. The van der Waals surface area contributed by atoms with Gasteiger partial charge in [-0.1, -0.05) is 13.8 Å². The fraction of sp³-hybridized carbons (Fsp3) is 0.929. The zero-order valence-electron chi connectivity index (χ0n) is 12.9. The molecule has 1 saturated heterocycles. The maximum Gasteiger partial charge on any atom is 0.393 e. The molecule has 124 valence electrons. The second kappa shape index (κ2) is 7.98. The van der Waals surface area contributed by atoms with E-state index in [1.165, 1.54) is 7.11 Å². The van der Waals surface area contributed by atoms with Crippen LogP contribution in [0.2, 0.25) is 0 Å². The van der Waals surface area contributed by atoms with Crippen LogP contribution in [0.3, 0.4) is 0 Å². The third-order valence-corrected chi connectivity index (χ3v) is 3.72. The molecule has 0 bridgehead atoms. The molecule has 1 heterocycles. The van der Waals surface area contributed by atoms with Gasteiger partial charge in [-0.25, -0.2) is 0 Å². The summed E-state index contributed by atoms with van der Waals surface area (Å²) in [7, 11) is 1.32. The van der Waals surface area contributed by atoms with Crippen LogP contribution in [0, 0.1) is 5.92 Å². The number of carbonyl (C=O) groups excluding carboxylic acids is 1. The van der Waals surface area contributed by atoms with Gasteiger partial charge in [-0.05, 0) is 25.8 Å². The van der Waals surface area contributed by atoms with Crippen molar-refractivity contribution in [2.75, 3.05) is 26.7 Å². The summed E-state index contributed by atoms with van der Waals surface area (Å²) in [5.41, 5.74) is 0. The van der Waals surface area contributed by atoms with E-state index in [0.29, 0.717) is 25.9 Å². The lowest BCUT2D eigenvalue weighted by Crippen LogP contribution is -2.46. The first-order chi connectivity index (χ1) is 9.74. The molecule has 1 aliphatic heterocycles. The number of piperidine rings is 1. The summed E-state index contributed by atoms with van der Waals surface area (Å²) in [6, 6.07) is -0.361. The van der Waals surface area contributed by atoms with Crippen molar-refractivity contribution in [2.24, 2.45) is 5.92 Å². The van der Waals surface area contributed by atoms with E-state index in [4.69, 9.17) is 4.74 Å². The number of ether oxygens (including phenoxy) is 1. The van der Waals surface area contributed by atoms with Crippen molar-refractivity contribution in [3.05, 3.63) is 0 Å². The van der Waals surface area contributed by atoms with Gasteiger partial charge in [-0.2, -0.15) is 13.2 Å². The quantitative estimate of drug-likeness (QED) is 0.764. The number of rotatable bonds is 6. The average molecular weight is 310 g/mol. The first-order valence-electron chi connectivity index (χ1n) is 7.37. The van der Waals surface area contributed by atoms with Gasteiger partial charge in [0.1, 0.15) is 6.04 Å². The smallest absolute Gasteiger partial charge is 0.393 e. The number of esters is 1. The van der Waals surface area contributed by atoms with E-state index in [-0.39, 0.29) is 25.0 Å². The van der Waals surface area contributed by atoms with Gasteiger partial charge in [-0.3, -0.25) is 4.79 Å². The van der Waals surface area contributed by atoms with E-state index >= 15 is 0 Å². The van der Waals surface area contributed by atoms with Crippen molar-refractivity contribution in [3.63, 3.8) is 0 Å². The van der Waals surface area contributed by atoms with Gasteiger partial charge in [0, 0.05) is 19.1 Å². The van der Waals surface area contributed by atoms with E-state index in [0.717, 1.165) is 0 Å². The zero-order chi connectivity index (χ0) is 16.0. The highest BCUT2D eigenvalue weighted by molar-refractivity contribution is 5.75. The Morgan fingerprint density at radius 1 is 1.43 bits per heavy atom. The molecule has 1 rings (SSSR count). The fourth-order valence-electron chi connectivity index (χ4n) is 2.65. The van der Waals surface area contributed by atoms with Crippen LogP contribution >= 0.6 is 0 Å². The Balaban J connectivity index is 2.49. The number of hydrogen-bond acceptors (Lipinski definition) is 4. The van der Waals surface area contributed by atoms with Crippen molar-refractivity contribution < 1.29 is 22.7 Å². The molecule has 0 aromatic rings. The van der Waals surface area contributed by atoms with Crippen LogP contribution in [0.4, 0.5) is 13.2 Å². The molecule has 4 nitrogen and oxygen atoms in total. The molecule has 0 spiro atoms. The van der Waals surface area contributed by atoms with Crippen LogP contribution < -0.4 is 5.32 Å². The van der Waals surface area contributed by atoms with E-state index in [1.54, 1.807) is 4.90 Å². The van der Waals surface area contributed by atoms with E-state index in [2.05, 4.69) is 5.32 Å². The number of likely N-dealkylation sites (tertiary alicyclic amines) is 1. The highest BCUT2D eigenvalue weighted by Gasteiger charge is 2.41. The van der Waals surface area contributed by atoms with Gasteiger partial charge in [-0.15, -0.1) is 0 Å². The Morgan fingerprint density at radius 2 is 2.10 bits per heavy atom. The molecular formula is C14H25F3N2O2. The van der Waals surface area contributed by atoms with E-state index < -0.39 is 18.1 Å². The average Bonchev–Trinajstić information content (AvgIpc) is 2.41. The highest BCUT2D eigenvalue weighted by Crippen LogP contribution is 2.33. The van der Waals surface area contributed by atoms with Crippen LogP contribution in [0.15, 0.2) is 0 Å². The Labute approximate surface area is 124 Å². The molecule has 0 aromatic carbocycles. The van der Waals surface area contributed by atoms with Crippen molar-refractivity contribution >= 4 is 5.97 Å². The molecule has 1 aliphatic rings. The lowest BCUT2D eigenvalue weighted by atomic mass is 9.97. The van der Waals surface area contributed by atoms with Gasteiger partial charge < -0.3 is 15.0 Å². The van der Waals surface area contributed by atoms with Gasteiger partial charge in [0.25, 0.3) is 0 Å². The first-order valence-corrected chi connectivity index (χ1v) is 7.37. The Kier molecular flexibility index (Phi) is 6.93. The van der Waals surface area contributed by atoms with Crippen LogP contribution in [0.5, 0.6) is 0 Å². The largest absolute Gasteiger partial charge is 0.468 e. The second-order valence-electron chi connectivity index (χ2n) is 5.87. The fourth-order valence-corrected chi connectivity index (χ4v) is 2.65. The summed E-state index contributed by atoms with van der Waals surface area (Å²) < 4.78 is 43.0. The molecule has 0 amide bonds. The summed E-state index contributed by atoms with van der Waals surface area (Å²) >= 11 is 0. The maximum absolute atomic E-state index is 12.8. The topological polar surface area (TPSA) is 41.6 Å². The number of nitrogens with one attached hydrogen (secondary N) is 1. The molecule has 0 aromatic heterocycles. The minimum atomic E-state index is -4.13. The molecule has 0 aliphatic carbocycles. The van der Waals surface area contributed by atoms with Gasteiger partial charge in [0.05, 0.1) is 13.0 Å². The number of methoxy groups -OCH3 is 1. The number of alkyl halides is 3. The van der Waals surface area contributed by atoms with Crippen LogP contribution in [0.1, 0.15) is 33.1 Å². The molecule has 2 atom stereocenters. The maximum atomic E-state index is 12.8. The van der Waals surface area contributed by atoms with Crippen molar-refractivity contribution in [3.8, 4) is 0 Å². The van der Waals surface area contributed by atoms with E-state index in [9.17, 15) is 18.0 Å². The third-order valence-electron chi connectivity index (χ3n) is 3.72. The van der Waals surface area contributed by atoms with Crippen LogP contribution in [-0.2, 0) is 9.53 Å². The molecule has 2 unspecified atom stereocenters. The minimum Gasteiger partial charge on any atom is -0.468 e. The summed E-state index contributed by atoms with van der Waals surface area (Å²) in [5.74, 6) is -1.62. The standard InChI is InChI=1S/C14H25F3N2O2/c1-10(2)18-12(13(20)21-3)6-8-19-7-4-5-11(9-19)14(15,16)17/h10-12,18H,4-9H2,1-3H3. The number of nitrogens with zero attached hydrogens (tertiary/aromatic N) is 1. The molecule has 0 saturated carbocycles.